The minimum absolute atomic E-state index is 0.00613. The number of benzene rings is 1. The first kappa shape index (κ1) is 20.3. The maximum absolute atomic E-state index is 12.6. The van der Waals surface area contributed by atoms with Crippen molar-refractivity contribution in [3.63, 3.8) is 0 Å². The number of rotatable bonds is 7. The van der Waals surface area contributed by atoms with Gasteiger partial charge >= 0.3 is 5.97 Å². The maximum atomic E-state index is 12.6. The highest BCUT2D eigenvalue weighted by atomic mass is 16.5. The molecule has 0 fully saturated rings. The van der Waals surface area contributed by atoms with Crippen LogP contribution in [0.25, 0.3) is 0 Å². The fourth-order valence-electron chi connectivity index (χ4n) is 2.85. The molecular formula is C21H22N2O6. The van der Waals surface area contributed by atoms with E-state index >= 15 is 0 Å². The van der Waals surface area contributed by atoms with E-state index < -0.39 is 29.8 Å². The zero-order valence-electron chi connectivity index (χ0n) is 16.4. The number of fused-ring (bicyclic) bond motifs is 1. The van der Waals surface area contributed by atoms with Gasteiger partial charge in [0.15, 0.2) is 6.10 Å². The molecule has 3 amide bonds. The van der Waals surface area contributed by atoms with Gasteiger partial charge in [0.1, 0.15) is 5.76 Å². The maximum Gasteiger partial charge on any atom is 0.338 e. The van der Waals surface area contributed by atoms with Crippen molar-refractivity contribution in [1.82, 2.24) is 10.2 Å². The molecule has 1 N–H and O–H groups in total. The van der Waals surface area contributed by atoms with E-state index in [-0.39, 0.29) is 29.2 Å². The summed E-state index contributed by atoms with van der Waals surface area (Å²) >= 11 is 0. The third kappa shape index (κ3) is 4.37. The number of imide groups is 1. The van der Waals surface area contributed by atoms with Crippen molar-refractivity contribution in [3.8, 4) is 0 Å². The van der Waals surface area contributed by atoms with Crippen LogP contribution in [0.2, 0.25) is 0 Å². The Hall–Kier alpha value is -3.42. The number of esters is 1. The van der Waals surface area contributed by atoms with Crippen LogP contribution in [0.1, 0.15) is 57.6 Å². The molecule has 0 saturated carbocycles. The van der Waals surface area contributed by atoms with Gasteiger partial charge in [-0.3, -0.25) is 19.3 Å². The lowest BCUT2D eigenvalue weighted by molar-refractivity contribution is -0.129. The average molecular weight is 398 g/mol. The first-order chi connectivity index (χ1) is 13.8. The number of carbonyl (C=O) groups is 4. The minimum Gasteiger partial charge on any atom is -0.467 e. The Morgan fingerprint density at radius 3 is 2.48 bits per heavy atom. The van der Waals surface area contributed by atoms with Gasteiger partial charge in [-0.25, -0.2) is 4.79 Å². The van der Waals surface area contributed by atoms with Gasteiger partial charge < -0.3 is 14.5 Å². The number of nitrogens with one attached hydrogen (secondary N) is 1. The Kier molecular flexibility index (Phi) is 5.81. The number of hydrogen-bond donors (Lipinski definition) is 1. The van der Waals surface area contributed by atoms with E-state index in [1.807, 2.05) is 13.8 Å². The summed E-state index contributed by atoms with van der Waals surface area (Å²) in [6.07, 6.45) is 0.474. The summed E-state index contributed by atoms with van der Waals surface area (Å²) in [7, 11) is 0. The molecule has 0 aliphatic carbocycles. The fraction of sp³-hybridized carbons (Fsp3) is 0.333. The van der Waals surface area contributed by atoms with Crippen molar-refractivity contribution >= 4 is 23.7 Å². The van der Waals surface area contributed by atoms with Crippen LogP contribution < -0.4 is 5.32 Å². The van der Waals surface area contributed by atoms with E-state index in [0.29, 0.717) is 12.3 Å². The third-order valence-electron chi connectivity index (χ3n) is 4.44. The van der Waals surface area contributed by atoms with Crippen LogP contribution in [0, 0.1) is 5.92 Å². The fourth-order valence-corrected chi connectivity index (χ4v) is 2.85. The molecule has 1 aromatic heterocycles. The summed E-state index contributed by atoms with van der Waals surface area (Å²) in [5.41, 5.74) is 0.419. The van der Waals surface area contributed by atoms with Crippen molar-refractivity contribution in [2.24, 2.45) is 5.92 Å². The zero-order chi connectivity index (χ0) is 21.1. The molecule has 152 valence electrons. The van der Waals surface area contributed by atoms with E-state index in [9.17, 15) is 19.2 Å². The Bertz CT molecular complexity index is 948. The second-order valence-electron chi connectivity index (χ2n) is 7.22. The normalized spacial score (nSPS) is 14.1. The number of nitrogens with zero attached hydrogens (tertiary/aromatic N) is 1. The second kappa shape index (κ2) is 8.30. The van der Waals surface area contributed by atoms with Crippen molar-refractivity contribution in [1.29, 1.82) is 0 Å². The van der Waals surface area contributed by atoms with Gasteiger partial charge in [0.05, 0.1) is 29.5 Å². The highest BCUT2D eigenvalue weighted by Crippen LogP contribution is 2.26. The summed E-state index contributed by atoms with van der Waals surface area (Å²) in [4.78, 5) is 50.6. The lowest BCUT2D eigenvalue weighted by Gasteiger charge is -2.14. The molecule has 0 unspecified atom stereocenters. The molecule has 1 aliphatic heterocycles. The monoisotopic (exact) mass is 398 g/mol. The van der Waals surface area contributed by atoms with E-state index in [4.69, 9.17) is 9.15 Å². The quantitative estimate of drug-likeness (QED) is 0.567. The molecular weight excluding hydrogens is 376 g/mol. The van der Waals surface area contributed by atoms with E-state index in [0.717, 1.165) is 4.90 Å². The molecule has 0 spiro atoms. The van der Waals surface area contributed by atoms with Crippen molar-refractivity contribution in [2.75, 3.05) is 6.54 Å². The second-order valence-corrected chi connectivity index (χ2v) is 7.22. The van der Waals surface area contributed by atoms with E-state index in [1.54, 1.807) is 12.1 Å². The Balaban J connectivity index is 1.70. The lowest BCUT2D eigenvalue weighted by Crippen LogP contribution is -2.37. The number of carbonyl (C=O) groups excluding carboxylic acids is 4. The van der Waals surface area contributed by atoms with Gasteiger partial charge in [-0.05, 0) is 43.2 Å². The molecule has 2 heterocycles. The Labute approximate surface area is 167 Å². The van der Waals surface area contributed by atoms with Crippen molar-refractivity contribution in [2.45, 2.75) is 33.4 Å². The molecule has 1 aromatic carbocycles. The van der Waals surface area contributed by atoms with Crippen LogP contribution in [0.5, 0.6) is 0 Å². The molecule has 1 aliphatic rings. The number of ether oxygens (including phenoxy) is 1. The summed E-state index contributed by atoms with van der Waals surface area (Å²) in [5.74, 6) is -1.37. The highest BCUT2D eigenvalue weighted by Gasteiger charge is 2.36. The summed E-state index contributed by atoms with van der Waals surface area (Å²) in [6.45, 7) is 5.86. The molecule has 3 rings (SSSR count). The molecule has 0 radical (unpaired) electrons. The molecule has 29 heavy (non-hydrogen) atoms. The average Bonchev–Trinajstić information content (AvgIpc) is 3.28. The summed E-state index contributed by atoms with van der Waals surface area (Å²) < 4.78 is 10.4. The zero-order valence-corrected chi connectivity index (χ0v) is 16.4. The van der Waals surface area contributed by atoms with Gasteiger partial charge in [0.2, 0.25) is 0 Å². The van der Waals surface area contributed by atoms with Crippen LogP contribution >= 0.6 is 0 Å². The van der Waals surface area contributed by atoms with Crippen molar-refractivity contribution in [3.05, 3.63) is 59.0 Å². The van der Waals surface area contributed by atoms with Crippen LogP contribution in [-0.4, -0.2) is 41.2 Å². The largest absolute Gasteiger partial charge is 0.467 e. The van der Waals surface area contributed by atoms with Crippen LogP contribution in [0.4, 0.5) is 0 Å². The Morgan fingerprint density at radius 1 is 1.10 bits per heavy atom. The van der Waals surface area contributed by atoms with E-state index in [2.05, 4.69) is 5.32 Å². The molecule has 2 aromatic rings. The van der Waals surface area contributed by atoms with Gasteiger partial charge in [0.25, 0.3) is 17.7 Å². The van der Waals surface area contributed by atoms with Crippen molar-refractivity contribution < 1.29 is 28.3 Å². The van der Waals surface area contributed by atoms with Gasteiger partial charge in [-0.2, -0.15) is 0 Å². The molecule has 0 bridgehead atoms. The van der Waals surface area contributed by atoms with Gasteiger partial charge in [0, 0.05) is 6.54 Å². The van der Waals surface area contributed by atoms with Gasteiger partial charge in [-0.1, -0.05) is 13.8 Å². The lowest BCUT2D eigenvalue weighted by atomic mass is 10.1. The summed E-state index contributed by atoms with van der Waals surface area (Å²) in [6, 6.07) is 7.47. The predicted molar refractivity (Wildman–Crippen MR) is 102 cm³/mol. The first-order valence-electron chi connectivity index (χ1n) is 9.29. The topological polar surface area (TPSA) is 106 Å². The third-order valence-corrected chi connectivity index (χ3v) is 4.44. The molecule has 0 saturated heterocycles. The smallest absolute Gasteiger partial charge is 0.338 e. The Morgan fingerprint density at radius 2 is 1.83 bits per heavy atom. The predicted octanol–water partition coefficient (Wildman–Crippen LogP) is 2.39. The van der Waals surface area contributed by atoms with Crippen LogP contribution in [-0.2, 0) is 16.1 Å². The van der Waals surface area contributed by atoms with E-state index in [1.165, 1.54) is 31.4 Å². The molecule has 8 heteroatoms. The molecule has 8 nitrogen and oxygen atoms in total. The standard InChI is InChI=1S/C21H22N2O6/c1-12(2)10-22-18(24)13(3)29-21(27)14-6-7-16-17(9-14)20(26)23(19(16)25)11-15-5-4-8-28-15/h4-9,12-13H,10-11H2,1-3H3,(H,22,24)/t13-/m0/s1. The molecule has 1 atom stereocenters. The van der Waals surface area contributed by atoms with Crippen LogP contribution in [0.3, 0.4) is 0 Å². The SMILES string of the molecule is CC(C)CNC(=O)[C@H](C)OC(=O)c1ccc2c(c1)C(=O)N(Cc1ccco1)C2=O. The number of hydrogen-bond acceptors (Lipinski definition) is 6. The minimum atomic E-state index is -0.984. The van der Waals surface area contributed by atoms with Crippen LogP contribution in [0.15, 0.2) is 41.0 Å². The first-order valence-corrected chi connectivity index (χ1v) is 9.29. The van der Waals surface area contributed by atoms with Gasteiger partial charge in [-0.15, -0.1) is 0 Å². The number of amides is 3. The summed E-state index contributed by atoms with van der Waals surface area (Å²) in [5, 5.41) is 2.69. The number of furan rings is 1. The highest BCUT2D eigenvalue weighted by molar-refractivity contribution is 6.21.